The summed E-state index contributed by atoms with van der Waals surface area (Å²) in [6, 6.07) is 12.6. The third kappa shape index (κ3) is 4.87. The number of fused-ring (bicyclic) bond motifs is 1. The number of nitrogens with one attached hydrogen (secondary N) is 1. The number of carbonyl (C=O) groups is 2. The zero-order valence-electron chi connectivity index (χ0n) is 20.0. The average molecular weight is 474 g/mol. The second-order valence-electron chi connectivity index (χ2n) is 9.43. The van der Waals surface area contributed by atoms with Crippen LogP contribution in [-0.4, -0.2) is 67.1 Å². The SMILES string of the molecule is N#Cc1c(N2CCN(C(=O)C(=O)NC[C@@H]3CCCO3)CC2)nc(-c2ccccc2)c2c1CCCC2. The first-order valence-corrected chi connectivity index (χ1v) is 12.6. The van der Waals surface area contributed by atoms with Gasteiger partial charge in [0.25, 0.3) is 0 Å². The van der Waals surface area contributed by atoms with Crippen molar-refractivity contribution >= 4 is 17.6 Å². The molecule has 0 unspecified atom stereocenters. The Balaban J connectivity index is 1.32. The Kier molecular flexibility index (Phi) is 6.96. The molecule has 35 heavy (non-hydrogen) atoms. The molecule has 2 aliphatic heterocycles. The van der Waals surface area contributed by atoms with Crippen LogP contribution < -0.4 is 10.2 Å². The number of hydrogen-bond acceptors (Lipinski definition) is 6. The molecule has 1 aromatic carbocycles. The number of piperazine rings is 1. The van der Waals surface area contributed by atoms with E-state index in [4.69, 9.17) is 9.72 Å². The fourth-order valence-corrected chi connectivity index (χ4v) is 5.34. The number of hydrogen-bond donors (Lipinski definition) is 1. The van der Waals surface area contributed by atoms with Gasteiger partial charge in [0, 0.05) is 44.9 Å². The highest BCUT2D eigenvalue weighted by molar-refractivity contribution is 6.35. The Bertz CT molecular complexity index is 1130. The van der Waals surface area contributed by atoms with E-state index in [0.29, 0.717) is 50.7 Å². The predicted octanol–water partition coefficient (Wildman–Crippen LogP) is 2.44. The summed E-state index contributed by atoms with van der Waals surface area (Å²) in [5.41, 5.74) is 5.00. The molecule has 8 heteroatoms. The van der Waals surface area contributed by atoms with Gasteiger partial charge in [0.05, 0.1) is 17.4 Å². The quantitative estimate of drug-likeness (QED) is 0.685. The van der Waals surface area contributed by atoms with Crippen LogP contribution in [0, 0.1) is 11.3 Å². The number of rotatable bonds is 4. The van der Waals surface area contributed by atoms with Gasteiger partial charge in [-0.05, 0) is 49.7 Å². The van der Waals surface area contributed by atoms with Crippen molar-refractivity contribution in [2.24, 2.45) is 0 Å². The summed E-state index contributed by atoms with van der Waals surface area (Å²) in [6.45, 7) is 2.97. The van der Waals surface area contributed by atoms with Gasteiger partial charge in [0.1, 0.15) is 11.9 Å². The van der Waals surface area contributed by atoms with Crippen LogP contribution in [0.15, 0.2) is 30.3 Å². The summed E-state index contributed by atoms with van der Waals surface area (Å²) in [6.07, 6.45) is 5.90. The Morgan fingerprint density at radius 3 is 2.49 bits per heavy atom. The van der Waals surface area contributed by atoms with Gasteiger partial charge < -0.3 is 19.9 Å². The molecule has 2 aromatic rings. The molecule has 2 amide bonds. The summed E-state index contributed by atoms with van der Waals surface area (Å²) in [7, 11) is 0. The monoisotopic (exact) mass is 473 g/mol. The van der Waals surface area contributed by atoms with Crippen LogP contribution in [0.4, 0.5) is 5.82 Å². The molecule has 5 rings (SSSR count). The van der Waals surface area contributed by atoms with Gasteiger partial charge >= 0.3 is 11.8 Å². The lowest BCUT2D eigenvalue weighted by molar-refractivity contribution is -0.146. The van der Waals surface area contributed by atoms with E-state index in [2.05, 4.69) is 28.4 Å². The number of pyridine rings is 1. The number of anilines is 1. The molecule has 1 aliphatic carbocycles. The van der Waals surface area contributed by atoms with E-state index in [0.717, 1.165) is 55.3 Å². The van der Waals surface area contributed by atoms with Crippen LogP contribution in [0.5, 0.6) is 0 Å². The van der Waals surface area contributed by atoms with E-state index >= 15 is 0 Å². The van der Waals surface area contributed by atoms with E-state index in [1.807, 2.05) is 18.2 Å². The molecular weight excluding hydrogens is 442 g/mol. The Hall–Kier alpha value is -3.44. The topological polar surface area (TPSA) is 98.6 Å². The fourth-order valence-electron chi connectivity index (χ4n) is 5.34. The molecule has 0 bridgehead atoms. The first-order chi connectivity index (χ1) is 17.2. The number of carbonyl (C=O) groups excluding carboxylic acids is 2. The number of amides is 2. The van der Waals surface area contributed by atoms with Gasteiger partial charge in [-0.3, -0.25) is 9.59 Å². The number of ether oxygens (including phenoxy) is 1. The van der Waals surface area contributed by atoms with Gasteiger partial charge in [-0.25, -0.2) is 4.98 Å². The van der Waals surface area contributed by atoms with E-state index in [9.17, 15) is 14.9 Å². The molecule has 1 aromatic heterocycles. The fraction of sp³-hybridized carbons (Fsp3) is 0.481. The Morgan fingerprint density at radius 2 is 1.80 bits per heavy atom. The van der Waals surface area contributed by atoms with Crippen molar-refractivity contribution in [3.63, 3.8) is 0 Å². The maximum atomic E-state index is 12.7. The van der Waals surface area contributed by atoms with Crippen LogP contribution in [0.2, 0.25) is 0 Å². The third-order valence-corrected chi connectivity index (χ3v) is 7.23. The van der Waals surface area contributed by atoms with Crippen LogP contribution in [0.1, 0.15) is 42.4 Å². The molecule has 182 valence electrons. The molecule has 0 spiro atoms. The van der Waals surface area contributed by atoms with E-state index in [1.165, 1.54) is 5.56 Å². The maximum Gasteiger partial charge on any atom is 0.312 e. The minimum atomic E-state index is -0.579. The highest BCUT2D eigenvalue weighted by atomic mass is 16.5. The van der Waals surface area contributed by atoms with Crippen LogP contribution in [0.3, 0.4) is 0 Å². The molecule has 8 nitrogen and oxygen atoms in total. The van der Waals surface area contributed by atoms with E-state index in [1.54, 1.807) is 4.90 Å². The lowest BCUT2D eigenvalue weighted by atomic mass is 9.86. The second kappa shape index (κ2) is 10.4. The van der Waals surface area contributed by atoms with E-state index < -0.39 is 11.8 Å². The average Bonchev–Trinajstić information content (AvgIpc) is 3.45. The Morgan fingerprint density at radius 1 is 1.06 bits per heavy atom. The lowest BCUT2D eigenvalue weighted by Crippen LogP contribution is -2.53. The molecule has 0 saturated carbocycles. The van der Waals surface area contributed by atoms with Crippen LogP contribution >= 0.6 is 0 Å². The predicted molar refractivity (Wildman–Crippen MR) is 132 cm³/mol. The maximum absolute atomic E-state index is 12.7. The van der Waals surface area contributed by atoms with E-state index in [-0.39, 0.29) is 6.10 Å². The Labute approximate surface area is 205 Å². The van der Waals surface area contributed by atoms with Crippen molar-refractivity contribution in [1.82, 2.24) is 15.2 Å². The second-order valence-corrected chi connectivity index (χ2v) is 9.43. The first-order valence-electron chi connectivity index (χ1n) is 12.6. The van der Waals surface area contributed by atoms with Crippen LogP contribution in [0.25, 0.3) is 11.3 Å². The first kappa shape index (κ1) is 23.3. The third-order valence-electron chi connectivity index (χ3n) is 7.23. The van der Waals surface area contributed by atoms with Gasteiger partial charge in [0.15, 0.2) is 0 Å². The molecule has 1 atom stereocenters. The van der Waals surface area contributed by atoms with Crippen molar-refractivity contribution in [3.8, 4) is 17.3 Å². The molecule has 2 saturated heterocycles. The molecule has 3 heterocycles. The van der Waals surface area contributed by atoms with Crippen LogP contribution in [-0.2, 0) is 27.2 Å². The molecule has 0 radical (unpaired) electrons. The number of aromatic nitrogens is 1. The highest BCUT2D eigenvalue weighted by Gasteiger charge is 2.30. The van der Waals surface area contributed by atoms with Gasteiger partial charge in [0.2, 0.25) is 0 Å². The largest absolute Gasteiger partial charge is 0.376 e. The summed E-state index contributed by atoms with van der Waals surface area (Å²) >= 11 is 0. The summed E-state index contributed by atoms with van der Waals surface area (Å²) < 4.78 is 5.51. The standard InChI is InChI=1S/C27H31N5O3/c28-17-23-21-10-4-5-11-22(21)24(19-7-2-1-3-8-19)30-25(23)31-12-14-32(15-13-31)27(34)26(33)29-18-20-9-6-16-35-20/h1-3,7-8,20H,4-6,9-16,18H2,(H,29,33)/t20-/m0/s1. The zero-order chi connectivity index (χ0) is 24.2. The summed E-state index contributed by atoms with van der Waals surface area (Å²) in [5.74, 6) is -0.390. The number of benzene rings is 1. The minimum absolute atomic E-state index is 0.00175. The van der Waals surface area contributed by atoms with Crippen molar-refractivity contribution in [3.05, 3.63) is 47.0 Å². The summed E-state index contributed by atoms with van der Waals surface area (Å²) in [5, 5.41) is 12.8. The van der Waals surface area contributed by atoms with Gasteiger partial charge in [-0.2, -0.15) is 5.26 Å². The smallest absolute Gasteiger partial charge is 0.312 e. The van der Waals surface area contributed by atoms with Crippen molar-refractivity contribution < 1.29 is 14.3 Å². The number of nitrogens with zero attached hydrogens (tertiary/aromatic N) is 4. The highest BCUT2D eigenvalue weighted by Crippen LogP contribution is 2.36. The molecule has 2 fully saturated rings. The zero-order valence-corrected chi connectivity index (χ0v) is 20.0. The van der Waals surface area contributed by atoms with Gasteiger partial charge in [-0.1, -0.05) is 30.3 Å². The number of nitriles is 1. The minimum Gasteiger partial charge on any atom is -0.376 e. The molecule has 1 N–H and O–H groups in total. The van der Waals surface area contributed by atoms with Crippen molar-refractivity contribution in [1.29, 1.82) is 5.26 Å². The molecular formula is C27H31N5O3. The molecule has 3 aliphatic rings. The normalized spacial score (nSPS) is 19.7. The van der Waals surface area contributed by atoms with Gasteiger partial charge in [-0.15, -0.1) is 0 Å². The van der Waals surface area contributed by atoms with Crippen molar-refractivity contribution in [2.75, 3.05) is 44.2 Å². The lowest BCUT2D eigenvalue weighted by Gasteiger charge is -2.36. The van der Waals surface area contributed by atoms with Crippen molar-refractivity contribution in [2.45, 2.75) is 44.6 Å². The summed E-state index contributed by atoms with van der Waals surface area (Å²) in [4.78, 5) is 33.8.